The Bertz CT molecular complexity index is 1140. The Morgan fingerprint density at radius 1 is 1.15 bits per heavy atom. The predicted molar refractivity (Wildman–Crippen MR) is 99.9 cm³/mol. The van der Waals surface area contributed by atoms with Crippen molar-refractivity contribution in [3.63, 3.8) is 0 Å². The van der Waals surface area contributed by atoms with Crippen LogP contribution in [-0.4, -0.2) is 22.9 Å². The zero-order valence-corrected chi connectivity index (χ0v) is 15.0. The van der Waals surface area contributed by atoms with Gasteiger partial charge in [0, 0.05) is 36.3 Å². The molecule has 0 bridgehead atoms. The summed E-state index contributed by atoms with van der Waals surface area (Å²) in [5.74, 6) is 1.03. The van der Waals surface area contributed by atoms with Gasteiger partial charge in [0.1, 0.15) is 5.82 Å². The average molecular weight is 384 g/mol. The molecule has 4 rings (SSSR count). The quantitative estimate of drug-likeness (QED) is 0.537. The smallest absolute Gasteiger partial charge is 0.270 e. The number of nitrogens with one attached hydrogen (secondary N) is 1. The number of aryl methyl sites for hydroxylation is 1. The van der Waals surface area contributed by atoms with Crippen molar-refractivity contribution in [2.75, 3.05) is 4.72 Å². The van der Waals surface area contributed by atoms with E-state index in [1.807, 2.05) is 6.07 Å². The number of non-ortho nitro benzene ring substituents is 1. The molecule has 9 heteroatoms. The number of rotatable bonds is 5. The Labute approximate surface area is 155 Å². The second-order valence-electron chi connectivity index (χ2n) is 6.26. The van der Waals surface area contributed by atoms with Gasteiger partial charge >= 0.3 is 0 Å². The molecule has 0 unspecified atom stereocenters. The van der Waals surface area contributed by atoms with Crippen molar-refractivity contribution in [3.05, 3.63) is 70.7 Å². The summed E-state index contributed by atoms with van der Waals surface area (Å²) < 4.78 is 29.8. The molecule has 0 amide bonds. The number of sulfonamides is 1. The van der Waals surface area contributed by atoms with Crippen LogP contribution in [0.4, 0.5) is 11.4 Å². The number of fused-ring (bicyclic) bond motifs is 1. The Kier molecular flexibility index (Phi) is 4.15. The fourth-order valence-electron chi connectivity index (χ4n) is 3.21. The molecule has 138 valence electrons. The van der Waals surface area contributed by atoms with Gasteiger partial charge in [0.25, 0.3) is 15.7 Å². The first-order chi connectivity index (χ1) is 12.9. The molecule has 2 aromatic carbocycles. The third kappa shape index (κ3) is 3.28. The summed E-state index contributed by atoms with van der Waals surface area (Å²) in [6, 6.07) is 12.0. The van der Waals surface area contributed by atoms with E-state index in [9.17, 15) is 18.5 Å². The number of nitro benzene ring substituents is 1. The highest BCUT2D eigenvalue weighted by molar-refractivity contribution is 7.92. The third-order valence-corrected chi connectivity index (χ3v) is 5.85. The molecule has 1 aliphatic heterocycles. The highest BCUT2D eigenvalue weighted by Crippen LogP contribution is 2.28. The molecular formula is C18H16N4O4S. The molecule has 0 saturated carbocycles. The largest absolute Gasteiger partial charge is 0.328 e. The molecule has 27 heavy (non-hydrogen) atoms. The molecule has 0 atom stereocenters. The Morgan fingerprint density at radius 3 is 2.78 bits per heavy atom. The summed E-state index contributed by atoms with van der Waals surface area (Å²) in [5, 5.41) is 10.9. The van der Waals surface area contributed by atoms with Crippen LogP contribution in [0.3, 0.4) is 0 Å². The van der Waals surface area contributed by atoms with Crippen LogP contribution < -0.4 is 4.72 Å². The van der Waals surface area contributed by atoms with Crippen LogP contribution in [0.5, 0.6) is 0 Å². The number of hydrogen-bond donors (Lipinski definition) is 1. The van der Waals surface area contributed by atoms with Gasteiger partial charge in [0.2, 0.25) is 0 Å². The summed E-state index contributed by atoms with van der Waals surface area (Å²) in [6.07, 6.45) is 3.79. The van der Waals surface area contributed by atoms with Crippen molar-refractivity contribution in [1.82, 2.24) is 9.55 Å². The van der Waals surface area contributed by atoms with Crippen LogP contribution in [0.1, 0.15) is 12.2 Å². The lowest BCUT2D eigenvalue weighted by Gasteiger charge is -2.10. The number of nitro groups is 1. The van der Waals surface area contributed by atoms with E-state index >= 15 is 0 Å². The van der Waals surface area contributed by atoms with E-state index in [2.05, 4.69) is 14.3 Å². The first-order valence-corrected chi connectivity index (χ1v) is 9.84. The molecule has 1 N–H and O–H groups in total. The van der Waals surface area contributed by atoms with E-state index < -0.39 is 14.9 Å². The van der Waals surface area contributed by atoms with Crippen molar-refractivity contribution >= 4 is 21.4 Å². The van der Waals surface area contributed by atoms with Crippen molar-refractivity contribution in [1.29, 1.82) is 0 Å². The molecule has 0 aliphatic carbocycles. The lowest BCUT2D eigenvalue weighted by molar-refractivity contribution is -0.385. The fraction of sp³-hybridized carbons (Fsp3) is 0.167. The minimum atomic E-state index is -3.94. The lowest BCUT2D eigenvalue weighted by atomic mass is 10.1. The maximum atomic E-state index is 12.6. The summed E-state index contributed by atoms with van der Waals surface area (Å²) in [4.78, 5) is 14.5. The number of hydrogen-bond acceptors (Lipinski definition) is 5. The van der Waals surface area contributed by atoms with Crippen LogP contribution in [0.15, 0.2) is 59.6 Å². The second-order valence-corrected chi connectivity index (χ2v) is 7.94. The van der Waals surface area contributed by atoms with Gasteiger partial charge in [-0.2, -0.15) is 0 Å². The third-order valence-electron chi connectivity index (χ3n) is 4.47. The van der Waals surface area contributed by atoms with Gasteiger partial charge in [-0.15, -0.1) is 0 Å². The van der Waals surface area contributed by atoms with Gasteiger partial charge in [-0.05, 0) is 24.6 Å². The van der Waals surface area contributed by atoms with Crippen LogP contribution in [0, 0.1) is 10.1 Å². The van der Waals surface area contributed by atoms with E-state index in [0.717, 1.165) is 42.5 Å². The fourth-order valence-corrected chi connectivity index (χ4v) is 4.30. The molecule has 0 fully saturated rings. The topological polar surface area (TPSA) is 107 Å². The molecule has 1 aromatic heterocycles. The predicted octanol–water partition coefficient (Wildman–Crippen LogP) is 3.21. The normalized spacial score (nSPS) is 13.3. The van der Waals surface area contributed by atoms with Gasteiger partial charge in [-0.3, -0.25) is 14.8 Å². The Hall–Kier alpha value is -3.20. The Morgan fingerprint density at radius 2 is 1.96 bits per heavy atom. The highest BCUT2D eigenvalue weighted by atomic mass is 32.2. The van der Waals surface area contributed by atoms with Crippen LogP contribution >= 0.6 is 0 Å². The maximum absolute atomic E-state index is 12.6. The zero-order chi connectivity index (χ0) is 19.0. The van der Waals surface area contributed by atoms with Gasteiger partial charge in [-0.25, -0.2) is 13.4 Å². The van der Waals surface area contributed by atoms with Crippen LogP contribution in [-0.2, 0) is 23.0 Å². The molecule has 0 radical (unpaired) electrons. The standard InChI is InChI=1S/C18H16N4O4S/c23-22(24)15-6-2-7-16(11-15)27(25,26)20-14-5-1-4-13(10-14)17-12-19-18-8-3-9-21(17)18/h1-2,4-7,10-12,20H,3,8-9H2. The number of imidazole rings is 1. The molecule has 2 heterocycles. The first kappa shape index (κ1) is 17.2. The molecule has 3 aromatic rings. The SMILES string of the molecule is O=[N+]([O-])c1cccc(S(=O)(=O)Nc2cccc(-c3cnc4n3CCC4)c2)c1. The van der Waals surface area contributed by atoms with Gasteiger partial charge in [-0.1, -0.05) is 18.2 Å². The number of nitrogens with zero attached hydrogens (tertiary/aromatic N) is 3. The van der Waals surface area contributed by atoms with E-state index in [1.165, 1.54) is 18.2 Å². The number of benzene rings is 2. The van der Waals surface area contributed by atoms with E-state index in [-0.39, 0.29) is 10.6 Å². The van der Waals surface area contributed by atoms with E-state index in [1.54, 1.807) is 24.4 Å². The summed E-state index contributed by atoms with van der Waals surface area (Å²) in [7, 11) is -3.94. The lowest BCUT2D eigenvalue weighted by Crippen LogP contribution is -2.13. The summed E-state index contributed by atoms with van der Waals surface area (Å²) >= 11 is 0. The maximum Gasteiger partial charge on any atom is 0.270 e. The van der Waals surface area contributed by atoms with Crippen molar-refractivity contribution in [2.24, 2.45) is 0 Å². The highest BCUT2D eigenvalue weighted by Gasteiger charge is 2.19. The Balaban J connectivity index is 1.65. The molecule has 0 saturated heterocycles. The van der Waals surface area contributed by atoms with Gasteiger partial charge in [0.15, 0.2) is 0 Å². The van der Waals surface area contributed by atoms with Gasteiger partial charge in [0.05, 0.1) is 21.7 Å². The summed E-state index contributed by atoms with van der Waals surface area (Å²) in [5.41, 5.74) is 1.91. The van der Waals surface area contributed by atoms with Crippen molar-refractivity contribution in [3.8, 4) is 11.3 Å². The average Bonchev–Trinajstić information content (AvgIpc) is 3.25. The molecule has 0 spiro atoms. The van der Waals surface area contributed by atoms with Crippen molar-refractivity contribution < 1.29 is 13.3 Å². The zero-order valence-electron chi connectivity index (χ0n) is 14.2. The first-order valence-electron chi connectivity index (χ1n) is 8.36. The van der Waals surface area contributed by atoms with Gasteiger partial charge < -0.3 is 4.57 Å². The minimum Gasteiger partial charge on any atom is -0.328 e. The number of anilines is 1. The minimum absolute atomic E-state index is 0.160. The number of aromatic nitrogens is 2. The van der Waals surface area contributed by atoms with E-state index in [0.29, 0.717) is 5.69 Å². The van der Waals surface area contributed by atoms with Crippen molar-refractivity contribution in [2.45, 2.75) is 24.3 Å². The van der Waals surface area contributed by atoms with Crippen LogP contribution in [0.2, 0.25) is 0 Å². The monoisotopic (exact) mass is 384 g/mol. The second kappa shape index (κ2) is 6.51. The summed E-state index contributed by atoms with van der Waals surface area (Å²) in [6.45, 7) is 0.897. The molecular weight excluding hydrogens is 368 g/mol. The van der Waals surface area contributed by atoms with Crippen LogP contribution in [0.25, 0.3) is 11.3 Å². The van der Waals surface area contributed by atoms with E-state index in [4.69, 9.17) is 0 Å². The molecule has 1 aliphatic rings. The molecule has 8 nitrogen and oxygen atoms in total.